The second-order valence-electron chi connectivity index (χ2n) is 3.39. The number of nitrogens with zero attached hydrogens (tertiary/aromatic N) is 1. The molecule has 0 aromatic heterocycles. The van der Waals surface area contributed by atoms with E-state index in [1.807, 2.05) is 0 Å². The number of hydrogen-bond acceptors (Lipinski definition) is 3. The van der Waals surface area contributed by atoms with Gasteiger partial charge in [0.2, 0.25) is 0 Å². The van der Waals surface area contributed by atoms with Crippen molar-refractivity contribution in [3.05, 3.63) is 29.6 Å². The average molecular weight is 195 g/mol. The van der Waals surface area contributed by atoms with Gasteiger partial charge in [0.1, 0.15) is 12.1 Å². The van der Waals surface area contributed by atoms with E-state index in [2.05, 4.69) is 0 Å². The summed E-state index contributed by atoms with van der Waals surface area (Å²) >= 11 is 0. The molecular formula is C10H10FNO2. The van der Waals surface area contributed by atoms with Crippen LogP contribution in [0.1, 0.15) is 10.4 Å². The minimum atomic E-state index is -0.415. The zero-order chi connectivity index (χ0) is 10.1. The van der Waals surface area contributed by atoms with Crippen molar-refractivity contribution in [2.45, 2.75) is 6.10 Å². The van der Waals surface area contributed by atoms with Crippen molar-refractivity contribution < 1.29 is 14.3 Å². The molecule has 1 aliphatic heterocycles. The maximum Gasteiger partial charge on any atom is 0.150 e. The molecule has 1 aromatic carbocycles. The number of β-amino-alcohol motifs (C(OH)–C–C–N with tert-alkyl or cyclic N) is 1. The van der Waals surface area contributed by atoms with Gasteiger partial charge in [-0.15, -0.1) is 0 Å². The highest BCUT2D eigenvalue weighted by molar-refractivity contribution is 5.76. The van der Waals surface area contributed by atoms with Crippen LogP contribution < -0.4 is 4.90 Å². The summed E-state index contributed by atoms with van der Waals surface area (Å²) in [5.41, 5.74) is 0.772. The quantitative estimate of drug-likeness (QED) is 0.710. The van der Waals surface area contributed by atoms with Crippen molar-refractivity contribution in [3.8, 4) is 0 Å². The van der Waals surface area contributed by atoms with E-state index >= 15 is 0 Å². The number of rotatable bonds is 2. The number of aliphatic hydroxyl groups excluding tert-OH is 1. The molecule has 0 radical (unpaired) electrons. The van der Waals surface area contributed by atoms with Crippen LogP contribution in [0.3, 0.4) is 0 Å². The topological polar surface area (TPSA) is 40.5 Å². The van der Waals surface area contributed by atoms with E-state index in [1.54, 1.807) is 17.0 Å². The number of benzene rings is 1. The van der Waals surface area contributed by atoms with Crippen LogP contribution in [-0.4, -0.2) is 30.6 Å². The highest BCUT2D eigenvalue weighted by Gasteiger charge is 2.26. The molecule has 0 saturated carbocycles. The second-order valence-corrected chi connectivity index (χ2v) is 3.39. The Morgan fingerprint density at radius 1 is 1.50 bits per heavy atom. The minimum absolute atomic E-state index is 0.326. The van der Waals surface area contributed by atoms with Gasteiger partial charge in [0.25, 0.3) is 0 Å². The lowest BCUT2D eigenvalue weighted by Gasteiger charge is -2.37. The van der Waals surface area contributed by atoms with Gasteiger partial charge in [-0.2, -0.15) is 0 Å². The fourth-order valence-corrected chi connectivity index (χ4v) is 1.50. The van der Waals surface area contributed by atoms with Gasteiger partial charge in [0, 0.05) is 18.7 Å². The zero-order valence-electron chi connectivity index (χ0n) is 7.48. The smallest absolute Gasteiger partial charge is 0.150 e. The van der Waals surface area contributed by atoms with Gasteiger partial charge in [-0.05, 0) is 18.2 Å². The third kappa shape index (κ3) is 1.48. The summed E-state index contributed by atoms with van der Waals surface area (Å²) in [5, 5.41) is 9.05. The number of hydrogen-bond donors (Lipinski definition) is 1. The molecule has 0 spiro atoms. The zero-order valence-corrected chi connectivity index (χ0v) is 7.48. The van der Waals surface area contributed by atoms with Gasteiger partial charge in [-0.3, -0.25) is 4.79 Å². The van der Waals surface area contributed by atoms with Gasteiger partial charge in [-0.25, -0.2) is 4.39 Å². The Morgan fingerprint density at radius 2 is 2.21 bits per heavy atom. The molecule has 0 amide bonds. The Morgan fingerprint density at radius 3 is 2.71 bits per heavy atom. The van der Waals surface area contributed by atoms with Crippen molar-refractivity contribution in [1.82, 2.24) is 0 Å². The van der Waals surface area contributed by atoms with Crippen LogP contribution in [0, 0.1) is 5.82 Å². The Labute approximate surface area is 80.8 Å². The number of carbonyl (C=O) groups is 1. The number of carbonyl (C=O) groups excluding carboxylic acids is 1. The molecule has 0 aliphatic carbocycles. The predicted molar refractivity (Wildman–Crippen MR) is 50.0 cm³/mol. The third-order valence-electron chi connectivity index (χ3n) is 2.31. The van der Waals surface area contributed by atoms with Crippen LogP contribution in [-0.2, 0) is 0 Å². The van der Waals surface area contributed by atoms with E-state index in [-0.39, 0.29) is 6.10 Å². The summed E-state index contributed by atoms with van der Waals surface area (Å²) in [6.07, 6.45) is 0.248. The molecule has 14 heavy (non-hydrogen) atoms. The lowest BCUT2D eigenvalue weighted by Crippen LogP contribution is -2.51. The Kier molecular flexibility index (Phi) is 2.21. The van der Waals surface area contributed by atoms with Crippen LogP contribution in [0.4, 0.5) is 10.1 Å². The van der Waals surface area contributed by atoms with Crippen molar-refractivity contribution in [1.29, 1.82) is 0 Å². The Balaban J connectivity index is 2.22. The van der Waals surface area contributed by atoms with Gasteiger partial charge < -0.3 is 10.0 Å². The van der Waals surface area contributed by atoms with E-state index < -0.39 is 5.82 Å². The van der Waals surface area contributed by atoms with E-state index in [4.69, 9.17) is 5.11 Å². The molecule has 1 aliphatic rings. The van der Waals surface area contributed by atoms with E-state index in [9.17, 15) is 9.18 Å². The molecule has 0 atom stereocenters. The van der Waals surface area contributed by atoms with E-state index in [0.717, 1.165) is 0 Å². The number of aliphatic hydroxyl groups is 1. The van der Waals surface area contributed by atoms with Gasteiger partial charge in [0.05, 0.1) is 11.8 Å². The largest absolute Gasteiger partial charge is 0.389 e. The molecule has 1 aromatic rings. The fourth-order valence-electron chi connectivity index (χ4n) is 1.50. The monoisotopic (exact) mass is 195 g/mol. The first-order valence-electron chi connectivity index (χ1n) is 4.38. The van der Waals surface area contributed by atoms with E-state index in [0.29, 0.717) is 30.6 Å². The van der Waals surface area contributed by atoms with Gasteiger partial charge in [-0.1, -0.05) is 0 Å². The van der Waals surface area contributed by atoms with Crippen LogP contribution in [0.25, 0.3) is 0 Å². The predicted octanol–water partition coefficient (Wildman–Crippen LogP) is 0.819. The summed E-state index contributed by atoms with van der Waals surface area (Å²) < 4.78 is 13.4. The summed E-state index contributed by atoms with van der Waals surface area (Å²) in [5.74, 6) is -0.415. The first-order valence-corrected chi connectivity index (χ1v) is 4.38. The van der Waals surface area contributed by atoms with Crippen LogP contribution in [0.2, 0.25) is 0 Å². The summed E-state index contributed by atoms with van der Waals surface area (Å²) in [6.45, 7) is 0.911. The molecule has 1 N–H and O–H groups in total. The highest BCUT2D eigenvalue weighted by atomic mass is 19.1. The van der Waals surface area contributed by atoms with E-state index in [1.165, 1.54) is 6.07 Å². The lowest BCUT2D eigenvalue weighted by molar-refractivity contribution is 0.112. The molecular weight excluding hydrogens is 185 g/mol. The van der Waals surface area contributed by atoms with Crippen molar-refractivity contribution in [2.75, 3.05) is 18.0 Å². The first-order chi connectivity index (χ1) is 6.70. The van der Waals surface area contributed by atoms with Crippen LogP contribution >= 0.6 is 0 Å². The third-order valence-corrected chi connectivity index (χ3v) is 2.31. The molecule has 1 fully saturated rings. The summed E-state index contributed by atoms with van der Waals surface area (Å²) in [4.78, 5) is 12.1. The number of aldehydes is 1. The SMILES string of the molecule is O=Cc1ccc(N2CC(O)C2)c(F)c1. The summed E-state index contributed by atoms with van der Waals surface area (Å²) in [7, 11) is 0. The van der Waals surface area contributed by atoms with Gasteiger partial charge in [0.15, 0.2) is 0 Å². The normalized spacial score (nSPS) is 16.6. The molecule has 1 saturated heterocycles. The summed E-state index contributed by atoms with van der Waals surface area (Å²) in [6, 6.07) is 4.33. The van der Waals surface area contributed by atoms with Crippen molar-refractivity contribution in [2.24, 2.45) is 0 Å². The second kappa shape index (κ2) is 3.38. The molecule has 3 nitrogen and oxygen atoms in total. The standard InChI is InChI=1S/C10H10FNO2/c11-9-3-7(6-13)1-2-10(9)12-4-8(14)5-12/h1-3,6,8,14H,4-5H2. The average Bonchev–Trinajstić information content (AvgIpc) is 2.13. The number of anilines is 1. The van der Waals surface area contributed by atoms with Gasteiger partial charge >= 0.3 is 0 Å². The van der Waals surface area contributed by atoms with Crippen LogP contribution in [0.15, 0.2) is 18.2 Å². The first kappa shape index (κ1) is 9.15. The maximum atomic E-state index is 13.4. The van der Waals surface area contributed by atoms with Crippen molar-refractivity contribution >= 4 is 12.0 Å². The Hall–Kier alpha value is -1.42. The molecule has 4 heteroatoms. The minimum Gasteiger partial charge on any atom is -0.389 e. The molecule has 2 rings (SSSR count). The molecule has 74 valence electrons. The molecule has 0 unspecified atom stereocenters. The molecule has 0 bridgehead atoms. The maximum absolute atomic E-state index is 13.4. The van der Waals surface area contributed by atoms with Crippen LogP contribution in [0.5, 0.6) is 0 Å². The molecule has 1 heterocycles. The Bertz CT molecular complexity index is 361. The fraction of sp³-hybridized carbons (Fsp3) is 0.300. The lowest BCUT2D eigenvalue weighted by atomic mass is 10.1. The number of halogens is 1. The highest BCUT2D eigenvalue weighted by Crippen LogP contribution is 2.24. The van der Waals surface area contributed by atoms with Crippen molar-refractivity contribution in [3.63, 3.8) is 0 Å².